The molecule has 1 aliphatic rings. The number of carbonyl (C=O) groups excluding carboxylic acids is 2. The number of carbonyl (C=O) groups is 2. The Labute approximate surface area is 149 Å². The Morgan fingerprint density at radius 3 is 1.58 bits per heavy atom. The second-order valence-corrected chi connectivity index (χ2v) is 7.06. The number of benzene rings is 2. The molecule has 0 spiro atoms. The Hall–Kier alpha value is -2.42. The Balaban J connectivity index is 1.97. The molecule has 0 saturated heterocycles. The average molecular weight is 351 g/mol. The van der Waals surface area contributed by atoms with Crippen molar-refractivity contribution in [1.29, 1.82) is 0 Å². The van der Waals surface area contributed by atoms with Crippen LogP contribution in [-0.4, -0.2) is 23.3 Å². The summed E-state index contributed by atoms with van der Waals surface area (Å²) in [5.41, 5.74) is 0. The molecule has 0 fully saturated rings. The molecule has 0 radical (unpaired) electrons. The molecule has 5 heteroatoms. The molecule has 1 heterocycles. The van der Waals surface area contributed by atoms with Gasteiger partial charge in [0.2, 0.25) is 0 Å². The molecule has 118 valence electrons. The van der Waals surface area contributed by atoms with Gasteiger partial charge < -0.3 is 0 Å². The van der Waals surface area contributed by atoms with Crippen LogP contribution < -0.4 is 0 Å². The van der Waals surface area contributed by atoms with E-state index in [1.54, 1.807) is 0 Å². The number of nitrogens with zero attached hydrogens (tertiary/aromatic N) is 1. The van der Waals surface area contributed by atoms with Crippen molar-refractivity contribution in [2.45, 2.75) is 9.79 Å². The normalized spacial score (nSPS) is 14.2. The molecule has 0 bridgehead atoms. The van der Waals surface area contributed by atoms with E-state index in [9.17, 15) is 9.59 Å². The van der Waals surface area contributed by atoms with Crippen molar-refractivity contribution >= 4 is 35.3 Å². The molecule has 24 heavy (non-hydrogen) atoms. The zero-order valence-corrected chi connectivity index (χ0v) is 14.3. The van der Waals surface area contributed by atoms with Crippen LogP contribution >= 0.6 is 23.5 Å². The Morgan fingerprint density at radius 2 is 1.21 bits per heavy atom. The van der Waals surface area contributed by atoms with Gasteiger partial charge >= 0.3 is 0 Å². The van der Waals surface area contributed by atoms with Gasteiger partial charge in [0.1, 0.15) is 0 Å². The van der Waals surface area contributed by atoms with Crippen molar-refractivity contribution in [3.05, 3.63) is 70.5 Å². The van der Waals surface area contributed by atoms with Gasteiger partial charge in [-0.2, -0.15) is 0 Å². The van der Waals surface area contributed by atoms with Crippen LogP contribution in [-0.2, 0) is 9.59 Å². The van der Waals surface area contributed by atoms with Crippen molar-refractivity contribution in [1.82, 2.24) is 4.90 Å². The first-order valence-corrected chi connectivity index (χ1v) is 8.83. The lowest BCUT2D eigenvalue weighted by Crippen LogP contribution is -2.31. The van der Waals surface area contributed by atoms with E-state index in [4.69, 9.17) is 6.42 Å². The van der Waals surface area contributed by atoms with E-state index in [0.717, 1.165) is 14.7 Å². The summed E-state index contributed by atoms with van der Waals surface area (Å²) in [5, 5.41) is 0. The third-order valence-electron chi connectivity index (χ3n) is 3.26. The number of terminal acetylenes is 1. The first-order valence-electron chi connectivity index (χ1n) is 7.20. The van der Waals surface area contributed by atoms with Crippen LogP contribution in [0.25, 0.3) is 0 Å². The maximum atomic E-state index is 12.6. The number of thioether (sulfide) groups is 2. The fraction of sp³-hybridized carbons (Fsp3) is 0.0526. The molecule has 2 aromatic carbocycles. The second kappa shape index (κ2) is 7.43. The van der Waals surface area contributed by atoms with Gasteiger partial charge in [-0.15, -0.1) is 6.42 Å². The maximum Gasteiger partial charge on any atom is 0.269 e. The topological polar surface area (TPSA) is 37.4 Å². The highest BCUT2D eigenvalue weighted by atomic mass is 32.2. The van der Waals surface area contributed by atoms with E-state index < -0.39 is 0 Å². The molecule has 0 aliphatic carbocycles. The van der Waals surface area contributed by atoms with E-state index in [-0.39, 0.29) is 18.4 Å². The van der Waals surface area contributed by atoms with E-state index in [2.05, 4.69) is 5.92 Å². The minimum absolute atomic E-state index is 0.0185. The van der Waals surface area contributed by atoms with E-state index in [0.29, 0.717) is 9.81 Å². The SMILES string of the molecule is C#CCN1C(=O)C(Sc2ccccc2)=C(Sc2ccccc2)C1=O. The molecule has 0 saturated carbocycles. The molecule has 0 N–H and O–H groups in total. The van der Waals surface area contributed by atoms with Crippen LogP contribution in [0.1, 0.15) is 0 Å². The fourth-order valence-electron chi connectivity index (χ4n) is 2.16. The lowest BCUT2D eigenvalue weighted by atomic mass is 10.4. The Bertz CT molecular complexity index is 775. The van der Waals surface area contributed by atoms with Crippen molar-refractivity contribution in [2.75, 3.05) is 6.54 Å². The molecule has 3 rings (SSSR count). The first kappa shape index (κ1) is 16.4. The average Bonchev–Trinajstić information content (AvgIpc) is 2.82. The number of hydrogen-bond acceptors (Lipinski definition) is 4. The summed E-state index contributed by atoms with van der Waals surface area (Å²) in [7, 11) is 0. The predicted octanol–water partition coefficient (Wildman–Crippen LogP) is 3.78. The lowest BCUT2D eigenvalue weighted by Gasteiger charge is -2.10. The highest BCUT2D eigenvalue weighted by Crippen LogP contribution is 2.42. The van der Waals surface area contributed by atoms with Gasteiger partial charge in [-0.3, -0.25) is 14.5 Å². The van der Waals surface area contributed by atoms with Crippen molar-refractivity contribution in [3.8, 4) is 12.3 Å². The summed E-state index contributed by atoms with van der Waals surface area (Å²) in [5.74, 6) is 1.72. The van der Waals surface area contributed by atoms with Gasteiger partial charge in [0, 0.05) is 9.79 Å². The van der Waals surface area contributed by atoms with Gasteiger partial charge in [0.25, 0.3) is 11.8 Å². The Kier molecular flexibility index (Phi) is 5.09. The standard InChI is InChI=1S/C19H13NO2S2/c1-2-13-20-18(21)16(23-14-9-5-3-6-10-14)17(19(20)22)24-15-11-7-4-8-12-15/h1,3-12H,13H2. The van der Waals surface area contributed by atoms with Crippen molar-refractivity contribution in [2.24, 2.45) is 0 Å². The number of rotatable bonds is 5. The zero-order valence-electron chi connectivity index (χ0n) is 12.6. The molecule has 0 aromatic heterocycles. The minimum Gasteiger partial charge on any atom is -0.268 e. The van der Waals surface area contributed by atoms with E-state index in [1.165, 1.54) is 23.5 Å². The van der Waals surface area contributed by atoms with Crippen molar-refractivity contribution < 1.29 is 9.59 Å². The zero-order chi connectivity index (χ0) is 16.9. The van der Waals surface area contributed by atoms with Crippen LogP contribution in [0.5, 0.6) is 0 Å². The summed E-state index contributed by atoms with van der Waals surface area (Å²) in [4.78, 5) is 29.0. The lowest BCUT2D eigenvalue weighted by molar-refractivity contribution is -0.136. The second-order valence-electron chi connectivity index (χ2n) is 4.89. The highest BCUT2D eigenvalue weighted by Gasteiger charge is 2.38. The Morgan fingerprint density at radius 1 is 0.792 bits per heavy atom. The largest absolute Gasteiger partial charge is 0.269 e. The molecule has 0 atom stereocenters. The first-order chi connectivity index (χ1) is 11.7. The third kappa shape index (κ3) is 3.40. The molecular formula is C19H13NO2S2. The maximum absolute atomic E-state index is 12.6. The van der Waals surface area contributed by atoms with Gasteiger partial charge in [-0.05, 0) is 24.3 Å². The van der Waals surface area contributed by atoms with Crippen LogP contribution in [0.15, 0.2) is 80.3 Å². The molecule has 2 amide bonds. The summed E-state index contributed by atoms with van der Waals surface area (Å²) >= 11 is 2.60. The van der Waals surface area contributed by atoms with Crippen LogP contribution in [0.3, 0.4) is 0 Å². The summed E-state index contributed by atoms with van der Waals surface area (Å²) in [6, 6.07) is 19.0. The summed E-state index contributed by atoms with van der Waals surface area (Å²) in [6.07, 6.45) is 5.30. The number of imide groups is 1. The quantitative estimate of drug-likeness (QED) is 0.607. The van der Waals surface area contributed by atoms with Gasteiger partial charge in [0.05, 0.1) is 16.4 Å². The van der Waals surface area contributed by atoms with Gasteiger partial charge in [-0.1, -0.05) is 65.8 Å². The minimum atomic E-state index is -0.328. The third-order valence-corrected chi connectivity index (χ3v) is 5.57. The summed E-state index contributed by atoms with van der Waals surface area (Å²) < 4.78 is 0. The predicted molar refractivity (Wildman–Crippen MR) is 97.2 cm³/mol. The number of amides is 2. The van der Waals surface area contributed by atoms with Crippen LogP contribution in [0.2, 0.25) is 0 Å². The molecule has 1 aliphatic heterocycles. The molecule has 3 nitrogen and oxygen atoms in total. The van der Waals surface area contributed by atoms with Crippen LogP contribution in [0.4, 0.5) is 0 Å². The van der Waals surface area contributed by atoms with Crippen LogP contribution in [0, 0.1) is 12.3 Å². The van der Waals surface area contributed by atoms with E-state index >= 15 is 0 Å². The fourth-order valence-corrected chi connectivity index (χ4v) is 4.22. The molecule has 2 aromatic rings. The van der Waals surface area contributed by atoms with E-state index in [1.807, 2.05) is 60.7 Å². The van der Waals surface area contributed by atoms with Gasteiger partial charge in [0.15, 0.2) is 0 Å². The highest BCUT2D eigenvalue weighted by molar-refractivity contribution is 8.08. The summed E-state index contributed by atoms with van der Waals surface area (Å²) in [6.45, 7) is -0.0185. The molecule has 0 unspecified atom stereocenters. The van der Waals surface area contributed by atoms with Crippen molar-refractivity contribution in [3.63, 3.8) is 0 Å². The monoisotopic (exact) mass is 351 g/mol. The smallest absolute Gasteiger partial charge is 0.268 e. The molecular weight excluding hydrogens is 338 g/mol. The number of hydrogen-bond donors (Lipinski definition) is 0. The van der Waals surface area contributed by atoms with Gasteiger partial charge in [-0.25, -0.2) is 0 Å².